The lowest BCUT2D eigenvalue weighted by molar-refractivity contribution is -0.0741. The predicted octanol–water partition coefficient (Wildman–Crippen LogP) is 1.48. The number of nitrogens with zero attached hydrogens (tertiary/aromatic N) is 1. The summed E-state index contributed by atoms with van der Waals surface area (Å²) in [4.78, 5) is 15.7. The summed E-state index contributed by atoms with van der Waals surface area (Å²) in [5.74, 6) is -0.791. The van der Waals surface area contributed by atoms with Gasteiger partial charge in [0.1, 0.15) is 23.5 Å². The first-order valence-corrected chi connectivity index (χ1v) is 7.85. The molecule has 0 saturated heterocycles. The number of nitrogen functional groups attached to an aromatic ring is 1. The first-order valence-electron chi connectivity index (χ1n) is 7.85. The molecule has 1 aromatic carbocycles. The number of hydrogen-bond donors (Lipinski definition) is 4. The third kappa shape index (κ3) is 2.76. The van der Waals surface area contributed by atoms with Crippen LogP contribution in [0.4, 0.5) is 5.69 Å². The van der Waals surface area contributed by atoms with Gasteiger partial charge >= 0.3 is 5.97 Å². The van der Waals surface area contributed by atoms with E-state index in [4.69, 9.17) is 10.5 Å². The minimum absolute atomic E-state index is 0.0530. The topological polar surface area (TPSA) is 126 Å². The first-order chi connectivity index (χ1) is 11.4. The van der Waals surface area contributed by atoms with Crippen molar-refractivity contribution < 1.29 is 24.9 Å². The van der Waals surface area contributed by atoms with Crippen molar-refractivity contribution in [3.8, 4) is 5.75 Å². The molecule has 24 heavy (non-hydrogen) atoms. The lowest BCUT2D eigenvalue weighted by atomic mass is 9.92. The van der Waals surface area contributed by atoms with Crippen LogP contribution in [-0.2, 0) is 0 Å². The summed E-state index contributed by atoms with van der Waals surface area (Å²) in [5, 5.41) is 29.7. The van der Waals surface area contributed by atoms with E-state index in [0.29, 0.717) is 35.2 Å². The van der Waals surface area contributed by atoms with Crippen molar-refractivity contribution in [2.75, 3.05) is 5.73 Å². The van der Waals surface area contributed by atoms with Gasteiger partial charge in [-0.1, -0.05) is 6.07 Å². The van der Waals surface area contributed by atoms with Crippen molar-refractivity contribution in [2.24, 2.45) is 0 Å². The quantitative estimate of drug-likeness (QED) is 0.670. The number of carbonyl (C=O) groups is 1. The highest BCUT2D eigenvalue weighted by Gasteiger charge is 2.32. The van der Waals surface area contributed by atoms with Crippen LogP contribution in [0.25, 0.3) is 10.9 Å². The molecular formula is C17H20N2O5. The monoisotopic (exact) mass is 332 g/mol. The van der Waals surface area contributed by atoms with E-state index < -0.39 is 24.3 Å². The fraction of sp³-hybridized carbons (Fsp3) is 0.412. The molecule has 1 saturated carbocycles. The van der Waals surface area contributed by atoms with Crippen molar-refractivity contribution in [3.05, 3.63) is 29.5 Å². The third-order valence-corrected chi connectivity index (χ3v) is 4.45. The van der Waals surface area contributed by atoms with Gasteiger partial charge in [0.05, 0.1) is 28.4 Å². The SMILES string of the molecule is Cc1nc2cccc(OC3CCCC(O)C3O)c2c(N)c1C(=O)O. The molecule has 1 aliphatic rings. The lowest BCUT2D eigenvalue weighted by Crippen LogP contribution is -2.44. The van der Waals surface area contributed by atoms with E-state index in [-0.39, 0.29) is 11.3 Å². The van der Waals surface area contributed by atoms with Gasteiger partial charge in [-0.2, -0.15) is 0 Å². The maximum Gasteiger partial charge on any atom is 0.339 e. The highest BCUT2D eigenvalue weighted by atomic mass is 16.5. The summed E-state index contributed by atoms with van der Waals surface area (Å²) in [7, 11) is 0. The van der Waals surface area contributed by atoms with Crippen molar-refractivity contribution in [2.45, 2.75) is 44.5 Å². The van der Waals surface area contributed by atoms with E-state index in [1.807, 2.05) is 0 Å². The van der Waals surface area contributed by atoms with Crippen LogP contribution in [0.3, 0.4) is 0 Å². The van der Waals surface area contributed by atoms with Gasteiger partial charge in [0, 0.05) is 0 Å². The van der Waals surface area contributed by atoms with Gasteiger partial charge in [0.25, 0.3) is 0 Å². The number of pyridine rings is 1. The second-order valence-corrected chi connectivity index (χ2v) is 6.09. The molecule has 0 spiro atoms. The minimum Gasteiger partial charge on any atom is -0.487 e. The smallest absolute Gasteiger partial charge is 0.339 e. The molecule has 1 aliphatic carbocycles. The summed E-state index contributed by atoms with van der Waals surface area (Å²) in [5.41, 5.74) is 6.97. The molecule has 1 heterocycles. The van der Waals surface area contributed by atoms with Crippen molar-refractivity contribution in [1.29, 1.82) is 0 Å². The van der Waals surface area contributed by atoms with Crippen LogP contribution in [0.5, 0.6) is 5.75 Å². The van der Waals surface area contributed by atoms with Crippen molar-refractivity contribution >= 4 is 22.6 Å². The molecule has 0 amide bonds. The Morgan fingerprint density at radius 3 is 2.79 bits per heavy atom. The van der Waals surface area contributed by atoms with Crippen LogP contribution in [-0.4, -0.2) is 44.6 Å². The number of nitrogens with two attached hydrogens (primary N) is 1. The van der Waals surface area contributed by atoms with Crippen LogP contribution in [0.2, 0.25) is 0 Å². The Kier molecular flexibility index (Phi) is 4.29. The number of aromatic nitrogens is 1. The van der Waals surface area contributed by atoms with E-state index in [2.05, 4.69) is 4.98 Å². The Morgan fingerprint density at radius 2 is 2.08 bits per heavy atom. The number of ether oxygens (including phenoxy) is 1. The Labute approximate surface area is 138 Å². The van der Waals surface area contributed by atoms with Gasteiger partial charge in [-0.25, -0.2) is 4.79 Å². The number of aromatic carboxylic acids is 1. The zero-order valence-corrected chi connectivity index (χ0v) is 13.3. The zero-order chi connectivity index (χ0) is 17.4. The number of anilines is 1. The van der Waals surface area contributed by atoms with E-state index in [1.165, 1.54) is 0 Å². The Balaban J connectivity index is 2.08. The maximum absolute atomic E-state index is 11.4. The van der Waals surface area contributed by atoms with Crippen LogP contribution in [0.1, 0.15) is 35.3 Å². The fourth-order valence-corrected chi connectivity index (χ4v) is 3.22. The molecule has 3 atom stereocenters. The molecular weight excluding hydrogens is 312 g/mol. The molecule has 3 unspecified atom stereocenters. The molecule has 2 aromatic rings. The first kappa shape index (κ1) is 16.5. The van der Waals surface area contributed by atoms with Crippen LogP contribution < -0.4 is 10.5 Å². The molecule has 0 aliphatic heterocycles. The van der Waals surface area contributed by atoms with E-state index in [0.717, 1.165) is 6.42 Å². The van der Waals surface area contributed by atoms with Crippen molar-refractivity contribution in [3.63, 3.8) is 0 Å². The summed E-state index contributed by atoms with van der Waals surface area (Å²) < 4.78 is 5.88. The number of rotatable bonds is 3. The summed E-state index contributed by atoms with van der Waals surface area (Å²) >= 11 is 0. The standard InChI is InChI=1S/C17H20N2O5/c1-8-13(17(22)23)15(18)14-9(19-8)4-2-6-11(14)24-12-7-3-5-10(20)16(12)21/h2,4,6,10,12,16,20-21H,3,5,7H2,1H3,(H2,18,19)(H,22,23). The van der Waals surface area contributed by atoms with Gasteiger partial charge < -0.3 is 25.8 Å². The Hall–Kier alpha value is -2.38. The predicted molar refractivity (Wildman–Crippen MR) is 88.1 cm³/mol. The highest BCUT2D eigenvalue weighted by Crippen LogP contribution is 2.35. The van der Waals surface area contributed by atoms with Crippen LogP contribution >= 0.6 is 0 Å². The third-order valence-electron chi connectivity index (χ3n) is 4.45. The van der Waals surface area contributed by atoms with Gasteiger partial charge in [0.2, 0.25) is 0 Å². The molecule has 7 nitrogen and oxygen atoms in total. The van der Waals surface area contributed by atoms with E-state index >= 15 is 0 Å². The summed E-state index contributed by atoms with van der Waals surface area (Å²) in [6.07, 6.45) is -0.532. The number of aliphatic hydroxyl groups is 2. The number of benzene rings is 1. The van der Waals surface area contributed by atoms with Crippen LogP contribution in [0.15, 0.2) is 18.2 Å². The average molecular weight is 332 g/mol. The average Bonchev–Trinajstić information content (AvgIpc) is 2.51. The Bertz CT molecular complexity index is 792. The lowest BCUT2D eigenvalue weighted by Gasteiger charge is -2.32. The van der Waals surface area contributed by atoms with Gasteiger partial charge in [-0.3, -0.25) is 4.98 Å². The molecule has 1 aromatic heterocycles. The zero-order valence-electron chi connectivity index (χ0n) is 13.3. The largest absolute Gasteiger partial charge is 0.487 e. The highest BCUT2D eigenvalue weighted by molar-refractivity contribution is 6.06. The minimum atomic E-state index is -1.15. The second kappa shape index (κ2) is 6.26. The maximum atomic E-state index is 11.4. The molecule has 3 rings (SSSR count). The molecule has 7 heteroatoms. The number of carboxylic acid groups (broad SMARTS) is 1. The van der Waals surface area contributed by atoms with Crippen LogP contribution in [0, 0.1) is 6.92 Å². The molecule has 0 bridgehead atoms. The number of hydrogen-bond acceptors (Lipinski definition) is 6. The van der Waals surface area contributed by atoms with E-state index in [9.17, 15) is 20.1 Å². The number of carboxylic acids is 1. The normalized spacial score (nSPS) is 24.0. The molecule has 1 fully saturated rings. The van der Waals surface area contributed by atoms with Gasteiger partial charge in [-0.05, 0) is 38.3 Å². The number of fused-ring (bicyclic) bond motifs is 1. The number of aryl methyl sites for hydroxylation is 1. The van der Waals surface area contributed by atoms with E-state index in [1.54, 1.807) is 25.1 Å². The fourth-order valence-electron chi connectivity index (χ4n) is 3.22. The van der Waals surface area contributed by atoms with Gasteiger partial charge in [0.15, 0.2) is 0 Å². The molecule has 0 radical (unpaired) electrons. The Morgan fingerprint density at radius 1 is 1.33 bits per heavy atom. The second-order valence-electron chi connectivity index (χ2n) is 6.09. The molecule has 5 N–H and O–H groups in total. The summed E-state index contributed by atoms with van der Waals surface area (Å²) in [6.45, 7) is 1.59. The van der Waals surface area contributed by atoms with Gasteiger partial charge in [-0.15, -0.1) is 0 Å². The summed E-state index contributed by atoms with van der Waals surface area (Å²) in [6, 6.07) is 5.12. The van der Waals surface area contributed by atoms with Crippen molar-refractivity contribution in [1.82, 2.24) is 4.98 Å². The molecule has 128 valence electrons. The number of aliphatic hydroxyl groups excluding tert-OH is 2.